The van der Waals surface area contributed by atoms with E-state index in [4.69, 9.17) is 9.47 Å². The molecule has 4 heteroatoms. The number of aliphatic hydroxyl groups is 2. The van der Waals surface area contributed by atoms with E-state index in [0.717, 1.165) is 62.2 Å². The Morgan fingerprint density at radius 2 is 0.773 bits per heavy atom. The fourth-order valence-electron chi connectivity index (χ4n) is 10.8. The Bertz CT molecular complexity index is 856. The van der Waals surface area contributed by atoms with Crippen LogP contribution in [0.4, 0.5) is 0 Å². The molecule has 2 aliphatic heterocycles. The molecule has 2 N–H and O–H groups in total. The molecule has 44 heavy (non-hydrogen) atoms. The molecule has 0 aromatic rings. The summed E-state index contributed by atoms with van der Waals surface area (Å²) in [6.45, 7) is 23.5. The summed E-state index contributed by atoms with van der Waals surface area (Å²) >= 11 is 0. The summed E-state index contributed by atoms with van der Waals surface area (Å²) in [6, 6.07) is 0. The summed E-state index contributed by atoms with van der Waals surface area (Å²) in [4.78, 5) is 0. The molecule has 0 unspecified atom stereocenters. The molecule has 0 aromatic carbocycles. The fraction of sp³-hybridized carbons (Fsp3) is 1.00. The molecule has 4 fully saturated rings. The van der Waals surface area contributed by atoms with E-state index >= 15 is 0 Å². The number of rotatable bonds is 19. The molecule has 0 radical (unpaired) electrons. The minimum atomic E-state index is -0.209. The molecule has 0 aromatic heterocycles. The maximum atomic E-state index is 10.3. The van der Waals surface area contributed by atoms with Crippen molar-refractivity contribution in [3.63, 3.8) is 0 Å². The van der Waals surface area contributed by atoms with Gasteiger partial charge in [-0.3, -0.25) is 0 Å². The van der Waals surface area contributed by atoms with Gasteiger partial charge in [0.2, 0.25) is 0 Å². The standard InChI is InChI=1S/C40H74O4/c1-29(17-13-19-31(3)21-23-39-35(5,6)25-33(41)27-37(39,9)43-39)15-11-12-16-30(2)18-14-20-32(4)22-24-40-36(7,8)26-34(42)28-38(40,10)44-40/h29-34,41-42H,11-28H2,1-10H3/t29-,30+,31-,32+,33-,34-,37+,38+,39-,40-/m0/s1. The van der Waals surface area contributed by atoms with Crippen LogP contribution < -0.4 is 0 Å². The molecule has 0 amide bonds. The molecule has 2 heterocycles. The number of fused-ring (bicyclic) bond motifs is 2. The first-order valence-electron chi connectivity index (χ1n) is 19.2. The first-order chi connectivity index (χ1) is 20.4. The average Bonchev–Trinajstić information content (AvgIpc) is 3.73. The number of hydrogen-bond acceptors (Lipinski definition) is 4. The fourth-order valence-corrected chi connectivity index (χ4v) is 10.8. The lowest BCUT2D eigenvalue weighted by atomic mass is 9.61. The predicted octanol–water partition coefficient (Wildman–Crippen LogP) is 10.4. The minimum absolute atomic E-state index is 0.0117. The summed E-state index contributed by atoms with van der Waals surface area (Å²) in [7, 11) is 0. The maximum Gasteiger partial charge on any atom is 0.103 e. The predicted molar refractivity (Wildman–Crippen MR) is 184 cm³/mol. The largest absolute Gasteiger partial charge is 0.393 e. The van der Waals surface area contributed by atoms with Gasteiger partial charge in [0.25, 0.3) is 0 Å². The summed E-state index contributed by atoms with van der Waals surface area (Å²) in [5, 5.41) is 20.6. The zero-order chi connectivity index (χ0) is 32.6. The molecule has 10 atom stereocenters. The van der Waals surface area contributed by atoms with Crippen molar-refractivity contribution in [2.24, 2.45) is 34.5 Å². The van der Waals surface area contributed by atoms with Gasteiger partial charge < -0.3 is 19.7 Å². The quantitative estimate of drug-likeness (QED) is 0.112. The van der Waals surface area contributed by atoms with E-state index in [9.17, 15) is 10.2 Å². The van der Waals surface area contributed by atoms with Gasteiger partial charge in [0.15, 0.2) is 0 Å². The monoisotopic (exact) mass is 619 g/mol. The van der Waals surface area contributed by atoms with Crippen molar-refractivity contribution in [1.29, 1.82) is 0 Å². The van der Waals surface area contributed by atoms with E-state index in [1.165, 1.54) is 77.0 Å². The second-order valence-electron chi connectivity index (χ2n) is 18.9. The molecule has 4 rings (SSSR count). The van der Waals surface area contributed by atoms with Gasteiger partial charge in [0, 0.05) is 12.8 Å². The van der Waals surface area contributed by atoms with Gasteiger partial charge in [-0.2, -0.15) is 0 Å². The molecule has 4 aliphatic rings. The van der Waals surface area contributed by atoms with Crippen LogP contribution in [0.25, 0.3) is 0 Å². The van der Waals surface area contributed by atoms with Crippen molar-refractivity contribution in [2.45, 2.75) is 219 Å². The van der Waals surface area contributed by atoms with Crippen LogP contribution in [0, 0.1) is 34.5 Å². The van der Waals surface area contributed by atoms with Gasteiger partial charge in [-0.05, 0) is 86.9 Å². The van der Waals surface area contributed by atoms with Crippen molar-refractivity contribution in [3.8, 4) is 0 Å². The molecule has 2 aliphatic carbocycles. The Balaban J connectivity index is 0.997. The Morgan fingerprint density at radius 3 is 1.09 bits per heavy atom. The Hall–Kier alpha value is -0.160. The normalized spacial score (nSPS) is 39.5. The van der Waals surface area contributed by atoms with E-state index in [2.05, 4.69) is 69.2 Å². The van der Waals surface area contributed by atoms with E-state index in [0.29, 0.717) is 0 Å². The lowest BCUT2D eigenvalue weighted by molar-refractivity contribution is 0.0288. The Labute approximate surface area is 273 Å². The third-order valence-corrected chi connectivity index (χ3v) is 13.8. The van der Waals surface area contributed by atoms with E-state index < -0.39 is 0 Å². The zero-order valence-corrected chi connectivity index (χ0v) is 30.9. The van der Waals surface area contributed by atoms with E-state index in [1.54, 1.807) is 0 Å². The number of ether oxygens (including phenoxy) is 2. The SMILES string of the molecule is C[C@H](CCCC[C@H](C)CCC[C@H](C)CC[C@@]12O[C@]1(C)C[C@@H](O)CC2(C)C)CCC[C@@H](C)CC[C@@]12O[C@]1(C)C[C@@H](O)CC2(C)C. The van der Waals surface area contributed by atoms with E-state index in [1.807, 2.05) is 0 Å². The summed E-state index contributed by atoms with van der Waals surface area (Å²) < 4.78 is 12.8. The molecule has 258 valence electrons. The van der Waals surface area contributed by atoms with Crippen LogP contribution in [0.15, 0.2) is 0 Å². The third-order valence-electron chi connectivity index (χ3n) is 13.8. The van der Waals surface area contributed by atoms with Crippen LogP contribution in [0.2, 0.25) is 0 Å². The van der Waals surface area contributed by atoms with Crippen molar-refractivity contribution < 1.29 is 19.7 Å². The van der Waals surface area contributed by atoms with Gasteiger partial charge in [-0.1, -0.05) is 120 Å². The number of hydrogen-bond donors (Lipinski definition) is 2. The van der Waals surface area contributed by atoms with Gasteiger partial charge in [0.05, 0.1) is 23.4 Å². The molecule has 0 bridgehead atoms. The topological polar surface area (TPSA) is 65.5 Å². The molecule has 2 saturated carbocycles. The van der Waals surface area contributed by atoms with Crippen molar-refractivity contribution >= 4 is 0 Å². The molecular weight excluding hydrogens is 544 g/mol. The van der Waals surface area contributed by atoms with Gasteiger partial charge in [-0.15, -0.1) is 0 Å². The highest BCUT2D eigenvalue weighted by molar-refractivity contribution is 5.24. The summed E-state index contributed by atoms with van der Waals surface area (Å²) in [6.07, 6.45) is 21.4. The molecular formula is C40H74O4. The summed E-state index contributed by atoms with van der Waals surface area (Å²) in [5.41, 5.74) is -0.103. The van der Waals surface area contributed by atoms with E-state index in [-0.39, 0.29) is 45.4 Å². The number of unbranched alkanes of at least 4 members (excludes halogenated alkanes) is 1. The van der Waals surface area contributed by atoms with Crippen LogP contribution in [-0.4, -0.2) is 44.8 Å². The molecule has 0 spiro atoms. The first kappa shape index (κ1) is 36.7. The van der Waals surface area contributed by atoms with Crippen molar-refractivity contribution in [2.75, 3.05) is 0 Å². The Morgan fingerprint density at radius 1 is 0.477 bits per heavy atom. The maximum absolute atomic E-state index is 10.3. The average molecular weight is 619 g/mol. The minimum Gasteiger partial charge on any atom is -0.393 e. The molecule has 4 nitrogen and oxygen atoms in total. The van der Waals surface area contributed by atoms with Crippen LogP contribution in [0.1, 0.15) is 185 Å². The number of epoxide rings is 2. The van der Waals surface area contributed by atoms with Gasteiger partial charge in [-0.25, -0.2) is 0 Å². The lowest BCUT2D eigenvalue weighted by Crippen LogP contribution is -2.47. The van der Waals surface area contributed by atoms with Crippen LogP contribution in [0.3, 0.4) is 0 Å². The lowest BCUT2D eigenvalue weighted by Gasteiger charge is -2.41. The van der Waals surface area contributed by atoms with Crippen LogP contribution >= 0.6 is 0 Å². The van der Waals surface area contributed by atoms with Crippen LogP contribution in [0.5, 0.6) is 0 Å². The number of aliphatic hydroxyl groups excluding tert-OH is 2. The second kappa shape index (κ2) is 13.8. The third kappa shape index (κ3) is 7.76. The van der Waals surface area contributed by atoms with Crippen molar-refractivity contribution in [3.05, 3.63) is 0 Å². The highest BCUT2D eigenvalue weighted by Crippen LogP contribution is 2.68. The highest BCUT2D eigenvalue weighted by Gasteiger charge is 2.76. The zero-order valence-electron chi connectivity index (χ0n) is 30.9. The van der Waals surface area contributed by atoms with Crippen molar-refractivity contribution in [1.82, 2.24) is 0 Å². The smallest absolute Gasteiger partial charge is 0.103 e. The molecule has 2 saturated heterocycles. The Kier molecular flexibility index (Phi) is 11.5. The summed E-state index contributed by atoms with van der Waals surface area (Å²) in [5.74, 6) is 3.21. The van der Waals surface area contributed by atoms with Gasteiger partial charge >= 0.3 is 0 Å². The second-order valence-corrected chi connectivity index (χ2v) is 18.9. The first-order valence-corrected chi connectivity index (χ1v) is 19.2. The van der Waals surface area contributed by atoms with Gasteiger partial charge in [0.1, 0.15) is 11.2 Å². The van der Waals surface area contributed by atoms with Crippen LogP contribution in [-0.2, 0) is 9.47 Å². The highest BCUT2D eigenvalue weighted by atomic mass is 16.6.